The van der Waals surface area contributed by atoms with E-state index >= 15 is 0 Å². The van der Waals surface area contributed by atoms with Crippen molar-refractivity contribution in [2.45, 2.75) is 6.42 Å². The number of nitrogens with zero attached hydrogens (tertiary/aromatic N) is 1. The Hall–Kier alpha value is -0.750. The summed E-state index contributed by atoms with van der Waals surface area (Å²) >= 11 is 3.27. The zero-order valence-electron chi connectivity index (χ0n) is 5.30. The molecule has 0 aliphatic heterocycles. The van der Waals surface area contributed by atoms with Crippen molar-refractivity contribution in [1.82, 2.24) is 5.16 Å². The lowest BCUT2D eigenvalue weighted by atomic mass is 10.3. The van der Waals surface area contributed by atoms with Crippen LogP contribution < -0.4 is 0 Å². The molecule has 0 saturated carbocycles. The van der Waals surface area contributed by atoms with Crippen LogP contribution in [0.3, 0.4) is 0 Å². The van der Waals surface area contributed by atoms with Gasteiger partial charge in [-0.3, -0.25) is 0 Å². The Balaban J connectivity index is 2.49. The molecule has 1 heterocycles. The quantitative estimate of drug-likeness (QED) is 0.510. The van der Waals surface area contributed by atoms with Gasteiger partial charge in [-0.25, -0.2) is 0 Å². The number of rotatable bonds is 1. The van der Waals surface area contributed by atoms with Crippen molar-refractivity contribution in [3.63, 3.8) is 0 Å². The second kappa shape index (κ2) is 4.13. The smallest absolute Gasteiger partial charge is 0.139 e. The predicted octanol–water partition coefficient (Wildman–Crippen LogP) is 1.81. The summed E-state index contributed by atoms with van der Waals surface area (Å²) in [7, 11) is 0. The highest BCUT2D eigenvalue weighted by Gasteiger charge is 1.85. The highest BCUT2D eigenvalue weighted by molar-refractivity contribution is 9.09. The van der Waals surface area contributed by atoms with Crippen LogP contribution in [-0.4, -0.2) is 10.5 Å². The maximum atomic E-state index is 4.58. The maximum Gasteiger partial charge on any atom is 0.139 e. The molecule has 0 atom stereocenters. The molecular weight excluding hydrogens is 194 g/mol. The highest BCUT2D eigenvalue weighted by Crippen LogP contribution is 1.92. The Labute approximate surface area is 67.7 Å². The summed E-state index contributed by atoms with van der Waals surface area (Å²) in [6.45, 7) is 0. The Bertz CT molecular complexity index is 232. The third-order valence-electron chi connectivity index (χ3n) is 0.885. The lowest BCUT2D eigenvalue weighted by molar-refractivity contribution is 0.419. The predicted molar refractivity (Wildman–Crippen MR) is 41.8 cm³/mol. The first kappa shape index (κ1) is 7.36. The second-order valence-electron chi connectivity index (χ2n) is 1.65. The van der Waals surface area contributed by atoms with Crippen LogP contribution in [0.25, 0.3) is 0 Å². The summed E-state index contributed by atoms with van der Waals surface area (Å²) in [4.78, 5) is 0. The average molecular weight is 200 g/mol. The van der Waals surface area contributed by atoms with E-state index in [1.807, 2.05) is 0 Å². The summed E-state index contributed by atoms with van der Waals surface area (Å²) in [5, 5.41) is 4.42. The molecule has 3 heteroatoms. The first-order valence-electron chi connectivity index (χ1n) is 2.87. The molecule has 0 N–H and O–H groups in total. The van der Waals surface area contributed by atoms with Crippen LogP contribution in [0.5, 0.6) is 0 Å². The minimum absolute atomic E-state index is 0.834. The summed E-state index contributed by atoms with van der Waals surface area (Å²) < 4.78 is 4.58. The molecule has 1 aromatic rings. The molecule has 0 aromatic carbocycles. The van der Waals surface area contributed by atoms with Crippen molar-refractivity contribution in [2.75, 3.05) is 5.33 Å². The fraction of sp³-hybridized carbons (Fsp3) is 0.286. The molecule has 0 saturated heterocycles. The standard InChI is InChI=1S/C7H6BrNO/c8-4-2-1-3-7-5-9-10-6-7/h5-6H,2,4H2. The van der Waals surface area contributed by atoms with Crippen LogP contribution in [-0.2, 0) is 0 Å². The van der Waals surface area contributed by atoms with Crippen molar-refractivity contribution < 1.29 is 4.52 Å². The van der Waals surface area contributed by atoms with E-state index in [0.717, 1.165) is 17.3 Å². The van der Waals surface area contributed by atoms with Gasteiger partial charge in [-0.05, 0) is 0 Å². The fourth-order valence-electron chi connectivity index (χ4n) is 0.478. The summed E-state index contributed by atoms with van der Waals surface area (Å²) in [6, 6.07) is 0. The third-order valence-corrected chi connectivity index (χ3v) is 1.28. The van der Waals surface area contributed by atoms with E-state index in [1.54, 1.807) is 6.20 Å². The van der Waals surface area contributed by atoms with Crippen molar-refractivity contribution >= 4 is 15.9 Å². The van der Waals surface area contributed by atoms with Gasteiger partial charge in [-0.2, -0.15) is 0 Å². The molecule has 2 nitrogen and oxygen atoms in total. The Morgan fingerprint density at radius 1 is 1.70 bits per heavy atom. The van der Waals surface area contributed by atoms with Crippen LogP contribution in [0.1, 0.15) is 12.0 Å². The van der Waals surface area contributed by atoms with E-state index in [1.165, 1.54) is 6.26 Å². The van der Waals surface area contributed by atoms with Crippen LogP contribution in [0.15, 0.2) is 17.0 Å². The fourth-order valence-corrected chi connectivity index (χ4v) is 0.677. The topological polar surface area (TPSA) is 26.0 Å². The van der Waals surface area contributed by atoms with Gasteiger partial charge in [0, 0.05) is 11.8 Å². The molecule has 0 bridgehead atoms. The number of alkyl halides is 1. The van der Waals surface area contributed by atoms with Gasteiger partial charge in [0.05, 0.1) is 11.8 Å². The van der Waals surface area contributed by atoms with Gasteiger partial charge in [0.1, 0.15) is 6.26 Å². The minimum atomic E-state index is 0.834. The first-order valence-corrected chi connectivity index (χ1v) is 4.00. The van der Waals surface area contributed by atoms with Crippen molar-refractivity contribution in [3.8, 4) is 11.8 Å². The van der Waals surface area contributed by atoms with E-state index < -0.39 is 0 Å². The molecule has 0 aliphatic rings. The van der Waals surface area contributed by atoms with E-state index in [2.05, 4.69) is 37.5 Å². The lowest BCUT2D eigenvalue weighted by Gasteiger charge is -1.74. The zero-order valence-corrected chi connectivity index (χ0v) is 6.89. The van der Waals surface area contributed by atoms with Crippen LogP contribution in [0.4, 0.5) is 0 Å². The van der Waals surface area contributed by atoms with E-state index in [9.17, 15) is 0 Å². The highest BCUT2D eigenvalue weighted by atomic mass is 79.9. The molecule has 10 heavy (non-hydrogen) atoms. The molecule has 0 radical (unpaired) electrons. The molecule has 1 aromatic heterocycles. The Morgan fingerprint density at radius 3 is 3.20 bits per heavy atom. The Kier molecular flexibility index (Phi) is 3.04. The van der Waals surface area contributed by atoms with Gasteiger partial charge in [-0.15, -0.1) is 0 Å². The summed E-state index contributed by atoms with van der Waals surface area (Å²) in [6.07, 6.45) is 3.98. The summed E-state index contributed by atoms with van der Waals surface area (Å²) in [5.41, 5.74) is 0.834. The van der Waals surface area contributed by atoms with E-state index in [-0.39, 0.29) is 0 Å². The zero-order chi connectivity index (χ0) is 7.23. The van der Waals surface area contributed by atoms with Gasteiger partial charge in [0.15, 0.2) is 0 Å². The van der Waals surface area contributed by atoms with E-state index in [4.69, 9.17) is 0 Å². The summed E-state index contributed by atoms with van der Waals surface area (Å²) in [5.74, 6) is 5.83. The van der Waals surface area contributed by atoms with Gasteiger partial charge in [0.25, 0.3) is 0 Å². The van der Waals surface area contributed by atoms with Gasteiger partial charge in [0.2, 0.25) is 0 Å². The van der Waals surface area contributed by atoms with Gasteiger partial charge in [-0.1, -0.05) is 32.9 Å². The number of aromatic nitrogens is 1. The SMILES string of the molecule is BrCCC#Cc1cnoc1. The molecule has 0 spiro atoms. The van der Waals surface area contributed by atoms with Crippen molar-refractivity contribution in [1.29, 1.82) is 0 Å². The molecule has 0 amide bonds. The lowest BCUT2D eigenvalue weighted by Crippen LogP contribution is -1.67. The van der Waals surface area contributed by atoms with Crippen LogP contribution in [0, 0.1) is 11.8 Å². The molecule has 52 valence electrons. The first-order chi connectivity index (χ1) is 4.93. The van der Waals surface area contributed by atoms with Crippen molar-refractivity contribution in [2.24, 2.45) is 0 Å². The number of hydrogen-bond donors (Lipinski definition) is 0. The monoisotopic (exact) mass is 199 g/mol. The molecule has 1 rings (SSSR count). The molecular formula is C7H6BrNO. The Morgan fingerprint density at radius 2 is 2.60 bits per heavy atom. The third kappa shape index (κ3) is 2.24. The van der Waals surface area contributed by atoms with Crippen LogP contribution in [0.2, 0.25) is 0 Å². The van der Waals surface area contributed by atoms with Crippen molar-refractivity contribution in [3.05, 3.63) is 18.0 Å². The number of halogens is 1. The molecule has 0 unspecified atom stereocenters. The van der Waals surface area contributed by atoms with Gasteiger partial charge < -0.3 is 4.52 Å². The maximum absolute atomic E-state index is 4.58. The molecule has 0 aliphatic carbocycles. The van der Waals surface area contributed by atoms with Crippen LogP contribution >= 0.6 is 15.9 Å². The average Bonchev–Trinajstić information content (AvgIpc) is 2.41. The second-order valence-corrected chi connectivity index (χ2v) is 2.45. The largest absolute Gasteiger partial charge is 0.363 e. The van der Waals surface area contributed by atoms with Gasteiger partial charge >= 0.3 is 0 Å². The number of hydrogen-bond acceptors (Lipinski definition) is 2. The molecule has 0 fully saturated rings. The minimum Gasteiger partial charge on any atom is -0.363 e. The van der Waals surface area contributed by atoms with E-state index in [0.29, 0.717) is 0 Å². The normalized spacial score (nSPS) is 8.50.